The Morgan fingerprint density at radius 2 is 1.55 bits per heavy atom. The zero-order chi connectivity index (χ0) is 16.3. The van der Waals surface area contributed by atoms with E-state index in [-0.39, 0.29) is 0 Å². The van der Waals surface area contributed by atoms with E-state index in [0.717, 1.165) is 33.4 Å². The monoisotopic (exact) mass is 294 g/mol. The van der Waals surface area contributed by atoms with Crippen LogP contribution in [-0.2, 0) is 0 Å². The van der Waals surface area contributed by atoms with Crippen molar-refractivity contribution in [1.29, 1.82) is 0 Å². The van der Waals surface area contributed by atoms with Crippen molar-refractivity contribution in [3.63, 3.8) is 0 Å². The Labute approximate surface area is 132 Å². The number of benzene rings is 2. The van der Waals surface area contributed by atoms with Crippen LogP contribution in [0.1, 0.15) is 36.1 Å². The first-order valence-corrected chi connectivity index (χ1v) is 7.33. The molecule has 0 amide bonds. The van der Waals surface area contributed by atoms with Crippen molar-refractivity contribution in [3.05, 3.63) is 69.8 Å². The van der Waals surface area contributed by atoms with Crippen LogP contribution in [-0.4, -0.2) is 10.2 Å². The largest absolute Gasteiger partial charge is 0.508 e. The molecule has 0 fully saturated rings. The predicted molar refractivity (Wildman–Crippen MR) is 93.0 cm³/mol. The minimum Gasteiger partial charge on any atom is -0.508 e. The fraction of sp³-hybridized carbons (Fsp3) is 0.200. The third kappa shape index (κ3) is 3.59. The summed E-state index contributed by atoms with van der Waals surface area (Å²) in [5, 5.41) is 19.7. The van der Waals surface area contributed by atoms with E-state index in [2.05, 4.69) is 6.08 Å². The van der Waals surface area contributed by atoms with Crippen molar-refractivity contribution >= 4 is 12.2 Å². The quantitative estimate of drug-likeness (QED) is 0.762. The molecule has 114 valence electrons. The van der Waals surface area contributed by atoms with E-state index in [4.69, 9.17) is 0 Å². The summed E-state index contributed by atoms with van der Waals surface area (Å²) in [6.07, 6.45) is 4.06. The molecule has 2 N–H and O–H groups in total. The van der Waals surface area contributed by atoms with Gasteiger partial charge in [0.1, 0.15) is 11.5 Å². The molecule has 0 aliphatic carbocycles. The highest BCUT2D eigenvalue weighted by atomic mass is 16.3. The molecule has 2 nitrogen and oxygen atoms in total. The van der Waals surface area contributed by atoms with Gasteiger partial charge in [0.05, 0.1) is 0 Å². The number of hydrogen-bond acceptors (Lipinski definition) is 2. The van der Waals surface area contributed by atoms with Gasteiger partial charge in [0.25, 0.3) is 0 Å². The predicted octanol–water partition coefficient (Wildman–Crippen LogP) is 5.22. The summed E-state index contributed by atoms with van der Waals surface area (Å²) in [7, 11) is 0. The number of aromatic hydroxyl groups is 2. The highest BCUT2D eigenvalue weighted by molar-refractivity contribution is 5.68. The summed E-state index contributed by atoms with van der Waals surface area (Å²) in [5.74, 6) is 0.641. The van der Waals surface area contributed by atoms with E-state index in [1.807, 2.05) is 64.1 Å². The van der Waals surface area contributed by atoms with Gasteiger partial charge in [-0.2, -0.15) is 0 Å². The van der Waals surface area contributed by atoms with Gasteiger partial charge < -0.3 is 10.2 Å². The van der Waals surface area contributed by atoms with Crippen molar-refractivity contribution in [2.75, 3.05) is 0 Å². The summed E-state index contributed by atoms with van der Waals surface area (Å²) in [6.45, 7) is 7.85. The Morgan fingerprint density at radius 1 is 0.864 bits per heavy atom. The van der Waals surface area contributed by atoms with Gasteiger partial charge in [-0.3, -0.25) is 0 Å². The lowest BCUT2D eigenvalue weighted by Crippen LogP contribution is -1.85. The molecule has 0 unspecified atom stereocenters. The van der Waals surface area contributed by atoms with Crippen molar-refractivity contribution in [2.45, 2.75) is 27.7 Å². The van der Waals surface area contributed by atoms with Crippen LogP contribution in [0.4, 0.5) is 0 Å². The molecule has 0 saturated heterocycles. The second kappa shape index (κ2) is 6.52. The average molecular weight is 294 g/mol. The zero-order valence-corrected chi connectivity index (χ0v) is 13.5. The van der Waals surface area contributed by atoms with Gasteiger partial charge in [0, 0.05) is 5.56 Å². The minimum absolute atomic E-state index is 0.312. The molecular weight excluding hydrogens is 272 g/mol. The number of rotatable bonds is 3. The first kappa shape index (κ1) is 15.9. The number of allylic oxidation sites excluding steroid dienone is 2. The van der Waals surface area contributed by atoms with Gasteiger partial charge in [-0.05, 0) is 73.7 Å². The van der Waals surface area contributed by atoms with Gasteiger partial charge in [0.2, 0.25) is 0 Å². The number of phenols is 2. The first-order valence-electron chi connectivity index (χ1n) is 7.33. The first-order chi connectivity index (χ1) is 10.4. The highest BCUT2D eigenvalue weighted by Gasteiger charge is 2.03. The van der Waals surface area contributed by atoms with Crippen LogP contribution in [0.15, 0.2) is 47.5 Å². The number of aryl methyl sites for hydroxylation is 2. The maximum Gasteiger partial charge on any atom is 0.125 e. The Morgan fingerprint density at radius 3 is 2.23 bits per heavy atom. The topological polar surface area (TPSA) is 40.5 Å². The van der Waals surface area contributed by atoms with E-state index in [1.165, 1.54) is 0 Å². The van der Waals surface area contributed by atoms with Crippen molar-refractivity contribution < 1.29 is 10.2 Å². The molecule has 22 heavy (non-hydrogen) atoms. The van der Waals surface area contributed by atoms with Crippen LogP contribution >= 0.6 is 0 Å². The lowest BCUT2D eigenvalue weighted by atomic mass is 10.0. The standard InChI is InChI=1S/C20H22O2/c1-13-6-5-7-18(20(13)22)12-15(3)14(2)10-17-8-9-19(21)16(4)11-17/h5-12,21-22H,1-4H3/b14-10+,15-12+. The molecule has 0 atom stereocenters. The maximum atomic E-state index is 10.1. The number of phenolic OH excluding ortho intramolecular Hbond substituents is 2. The maximum absolute atomic E-state index is 10.1. The van der Waals surface area contributed by atoms with Gasteiger partial charge in [-0.25, -0.2) is 0 Å². The molecule has 0 heterocycles. The summed E-state index contributed by atoms with van der Waals surface area (Å²) < 4.78 is 0. The van der Waals surface area contributed by atoms with Crippen molar-refractivity contribution in [1.82, 2.24) is 0 Å². The summed E-state index contributed by atoms with van der Waals surface area (Å²) >= 11 is 0. The molecule has 0 aliphatic rings. The lowest BCUT2D eigenvalue weighted by Gasteiger charge is -2.07. The molecule has 2 heteroatoms. The van der Waals surface area contributed by atoms with Gasteiger partial charge in [-0.1, -0.05) is 30.3 Å². The molecule has 2 rings (SSSR count). The summed E-state index contributed by atoms with van der Waals surface area (Å²) in [4.78, 5) is 0. The molecule has 0 radical (unpaired) electrons. The van der Waals surface area contributed by atoms with Crippen LogP contribution in [0.5, 0.6) is 11.5 Å². The zero-order valence-electron chi connectivity index (χ0n) is 13.5. The van der Waals surface area contributed by atoms with Crippen LogP contribution in [0.25, 0.3) is 12.2 Å². The van der Waals surface area contributed by atoms with Gasteiger partial charge in [0.15, 0.2) is 0 Å². The van der Waals surface area contributed by atoms with Crippen LogP contribution in [0.3, 0.4) is 0 Å². The van der Waals surface area contributed by atoms with E-state index in [9.17, 15) is 10.2 Å². The molecule has 0 spiro atoms. The third-order valence-corrected chi connectivity index (χ3v) is 3.87. The van der Waals surface area contributed by atoms with Gasteiger partial charge >= 0.3 is 0 Å². The Balaban J connectivity index is 2.33. The second-order valence-corrected chi connectivity index (χ2v) is 5.71. The normalized spacial score (nSPS) is 12.5. The SMILES string of the molecule is CC(=C\c1ccc(O)c(C)c1)/C(C)=C/c1cccc(C)c1O. The summed E-state index contributed by atoms with van der Waals surface area (Å²) in [6, 6.07) is 11.3. The fourth-order valence-corrected chi connectivity index (χ4v) is 2.28. The highest BCUT2D eigenvalue weighted by Crippen LogP contribution is 2.26. The van der Waals surface area contributed by atoms with E-state index in [0.29, 0.717) is 11.5 Å². The van der Waals surface area contributed by atoms with Crippen molar-refractivity contribution in [3.8, 4) is 11.5 Å². The Kier molecular flexibility index (Phi) is 4.71. The average Bonchev–Trinajstić information content (AvgIpc) is 2.47. The van der Waals surface area contributed by atoms with Gasteiger partial charge in [-0.15, -0.1) is 0 Å². The molecule has 0 saturated carbocycles. The van der Waals surface area contributed by atoms with Crippen LogP contribution < -0.4 is 0 Å². The second-order valence-electron chi connectivity index (χ2n) is 5.71. The molecule has 2 aromatic rings. The molecule has 0 bridgehead atoms. The Hall–Kier alpha value is -2.48. The van der Waals surface area contributed by atoms with Crippen LogP contribution in [0, 0.1) is 13.8 Å². The number of para-hydroxylation sites is 1. The van der Waals surface area contributed by atoms with E-state index in [1.54, 1.807) is 6.07 Å². The minimum atomic E-state index is 0.312. The Bertz CT molecular complexity index is 752. The lowest BCUT2D eigenvalue weighted by molar-refractivity contribution is 0.469. The smallest absolute Gasteiger partial charge is 0.125 e. The van der Waals surface area contributed by atoms with E-state index < -0.39 is 0 Å². The van der Waals surface area contributed by atoms with Crippen LogP contribution in [0.2, 0.25) is 0 Å². The van der Waals surface area contributed by atoms with Crippen molar-refractivity contribution in [2.24, 2.45) is 0 Å². The number of hydrogen-bond donors (Lipinski definition) is 2. The summed E-state index contributed by atoms with van der Waals surface area (Å²) in [5.41, 5.74) is 5.82. The fourth-order valence-electron chi connectivity index (χ4n) is 2.28. The van der Waals surface area contributed by atoms with E-state index >= 15 is 0 Å². The molecule has 0 aliphatic heterocycles. The molecular formula is C20H22O2. The molecule has 2 aromatic carbocycles. The molecule has 0 aromatic heterocycles. The third-order valence-electron chi connectivity index (χ3n) is 3.87.